The average Bonchev–Trinajstić information content (AvgIpc) is 3.17. The second-order valence-electron chi connectivity index (χ2n) is 6.58. The second-order valence-corrected chi connectivity index (χ2v) is 7.33. The predicted molar refractivity (Wildman–Crippen MR) is 114 cm³/mol. The summed E-state index contributed by atoms with van der Waals surface area (Å²) in [7, 11) is 0. The zero-order valence-electron chi connectivity index (χ0n) is 16.2. The Kier molecular flexibility index (Phi) is 7.04. The summed E-state index contributed by atoms with van der Waals surface area (Å²) in [4.78, 5) is 27.6. The van der Waals surface area contributed by atoms with E-state index in [0.717, 1.165) is 17.1 Å². The SMILES string of the molecule is Cc1nnsc1C(=O)Nc1cccc(CN(CCCN)C(=O)c2ccccc2)c1. The first-order valence-corrected chi connectivity index (χ1v) is 10.1. The molecule has 3 aromatic rings. The summed E-state index contributed by atoms with van der Waals surface area (Å²) >= 11 is 1.06. The molecular formula is C21H23N5O2S. The van der Waals surface area contributed by atoms with Crippen LogP contribution in [-0.4, -0.2) is 39.4 Å². The standard InChI is InChI=1S/C21H23N5O2S/c1-15-19(29-25-24-15)20(27)23-18-10-5-7-16(13-18)14-26(12-6-11-22)21(28)17-8-3-2-4-9-17/h2-5,7-10,13H,6,11-12,14,22H2,1H3,(H,23,27). The highest BCUT2D eigenvalue weighted by Crippen LogP contribution is 2.17. The van der Waals surface area contributed by atoms with Crippen LogP contribution in [0, 0.1) is 6.92 Å². The van der Waals surface area contributed by atoms with Crippen LogP contribution in [0.2, 0.25) is 0 Å². The molecule has 8 heteroatoms. The number of rotatable bonds is 8. The number of benzene rings is 2. The maximum absolute atomic E-state index is 12.9. The fraction of sp³-hybridized carbons (Fsp3) is 0.238. The molecule has 0 aliphatic heterocycles. The lowest BCUT2D eigenvalue weighted by molar-refractivity contribution is 0.0742. The summed E-state index contributed by atoms with van der Waals surface area (Å²) in [6.45, 7) is 3.25. The van der Waals surface area contributed by atoms with Crippen molar-refractivity contribution in [3.05, 3.63) is 76.3 Å². The molecule has 150 valence electrons. The second kappa shape index (κ2) is 9.90. The topological polar surface area (TPSA) is 101 Å². The molecule has 2 aromatic carbocycles. The maximum Gasteiger partial charge on any atom is 0.269 e. The smallest absolute Gasteiger partial charge is 0.269 e. The number of amides is 2. The fourth-order valence-electron chi connectivity index (χ4n) is 2.89. The van der Waals surface area contributed by atoms with E-state index in [9.17, 15) is 9.59 Å². The van der Waals surface area contributed by atoms with Crippen molar-refractivity contribution in [3.8, 4) is 0 Å². The number of aryl methyl sites for hydroxylation is 1. The third-order valence-corrected chi connectivity index (χ3v) is 5.18. The number of aromatic nitrogens is 2. The van der Waals surface area contributed by atoms with Gasteiger partial charge in [0.15, 0.2) is 0 Å². The lowest BCUT2D eigenvalue weighted by Crippen LogP contribution is -2.32. The Morgan fingerprint density at radius 2 is 1.93 bits per heavy atom. The average molecular weight is 410 g/mol. The van der Waals surface area contributed by atoms with Crippen molar-refractivity contribution in [1.82, 2.24) is 14.5 Å². The van der Waals surface area contributed by atoms with E-state index in [-0.39, 0.29) is 11.8 Å². The van der Waals surface area contributed by atoms with Gasteiger partial charge in [-0.2, -0.15) is 0 Å². The molecule has 29 heavy (non-hydrogen) atoms. The van der Waals surface area contributed by atoms with Crippen LogP contribution >= 0.6 is 11.5 Å². The van der Waals surface area contributed by atoms with Crippen LogP contribution in [0.1, 0.15) is 37.7 Å². The van der Waals surface area contributed by atoms with E-state index in [0.29, 0.717) is 47.9 Å². The molecule has 2 amide bonds. The first kappa shape index (κ1) is 20.6. The molecule has 3 rings (SSSR count). The molecule has 0 fully saturated rings. The van der Waals surface area contributed by atoms with Gasteiger partial charge in [-0.3, -0.25) is 9.59 Å². The summed E-state index contributed by atoms with van der Waals surface area (Å²) in [6.07, 6.45) is 0.715. The van der Waals surface area contributed by atoms with Gasteiger partial charge in [-0.25, -0.2) is 0 Å². The van der Waals surface area contributed by atoms with Crippen LogP contribution in [0.3, 0.4) is 0 Å². The molecule has 0 aliphatic rings. The maximum atomic E-state index is 12.9. The van der Waals surface area contributed by atoms with Gasteiger partial charge in [-0.05, 0) is 61.3 Å². The van der Waals surface area contributed by atoms with Gasteiger partial charge in [-0.1, -0.05) is 34.8 Å². The minimum atomic E-state index is -0.241. The highest BCUT2D eigenvalue weighted by atomic mass is 32.1. The van der Waals surface area contributed by atoms with Gasteiger partial charge in [0.2, 0.25) is 0 Å². The highest BCUT2D eigenvalue weighted by molar-refractivity contribution is 7.08. The van der Waals surface area contributed by atoms with Gasteiger partial charge in [0.05, 0.1) is 5.69 Å². The van der Waals surface area contributed by atoms with Crippen LogP contribution < -0.4 is 11.1 Å². The Labute approximate surface area is 173 Å². The van der Waals surface area contributed by atoms with Crippen LogP contribution in [0.25, 0.3) is 0 Å². The summed E-state index contributed by atoms with van der Waals surface area (Å²) < 4.78 is 3.79. The minimum absolute atomic E-state index is 0.0418. The van der Waals surface area contributed by atoms with E-state index in [1.165, 1.54) is 0 Å². The molecular weight excluding hydrogens is 386 g/mol. The van der Waals surface area contributed by atoms with Gasteiger partial charge in [0.25, 0.3) is 11.8 Å². The van der Waals surface area contributed by atoms with E-state index < -0.39 is 0 Å². The number of hydrogen-bond donors (Lipinski definition) is 2. The Bertz CT molecular complexity index is 974. The predicted octanol–water partition coefficient (Wildman–Crippen LogP) is 3.09. The fourth-order valence-corrected chi connectivity index (χ4v) is 3.45. The van der Waals surface area contributed by atoms with Crippen LogP contribution in [0.5, 0.6) is 0 Å². The lowest BCUT2D eigenvalue weighted by atomic mass is 10.1. The monoisotopic (exact) mass is 409 g/mol. The van der Waals surface area contributed by atoms with Crippen molar-refractivity contribution in [2.75, 3.05) is 18.4 Å². The molecule has 0 saturated heterocycles. The number of carbonyl (C=O) groups is 2. The summed E-state index contributed by atoms with van der Waals surface area (Å²) in [5.41, 5.74) is 8.47. The molecule has 0 spiro atoms. The number of hydrogen-bond acceptors (Lipinski definition) is 6. The largest absolute Gasteiger partial charge is 0.334 e. The Morgan fingerprint density at radius 3 is 2.62 bits per heavy atom. The van der Waals surface area contributed by atoms with E-state index in [1.54, 1.807) is 24.0 Å². The van der Waals surface area contributed by atoms with E-state index >= 15 is 0 Å². The third kappa shape index (κ3) is 5.46. The molecule has 1 aromatic heterocycles. The van der Waals surface area contributed by atoms with Crippen LogP contribution in [0.4, 0.5) is 5.69 Å². The molecule has 0 unspecified atom stereocenters. The first-order chi connectivity index (χ1) is 14.1. The molecule has 1 heterocycles. The number of carbonyl (C=O) groups excluding carboxylic acids is 2. The van der Waals surface area contributed by atoms with Gasteiger partial charge in [0.1, 0.15) is 4.88 Å². The molecule has 0 aliphatic carbocycles. The van der Waals surface area contributed by atoms with E-state index in [2.05, 4.69) is 14.9 Å². The minimum Gasteiger partial charge on any atom is -0.334 e. The van der Waals surface area contributed by atoms with Crippen molar-refractivity contribution in [3.63, 3.8) is 0 Å². The van der Waals surface area contributed by atoms with Gasteiger partial charge in [-0.15, -0.1) is 5.10 Å². The third-order valence-electron chi connectivity index (χ3n) is 4.36. The first-order valence-electron chi connectivity index (χ1n) is 9.32. The van der Waals surface area contributed by atoms with Crippen molar-refractivity contribution in [2.45, 2.75) is 19.9 Å². The Balaban J connectivity index is 1.74. The number of nitrogens with two attached hydrogens (primary N) is 1. The molecule has 0 saturated carbocycles. The van der Waals surface area contributed by atoms with Crippen molar-refractivity contribution in [1.29, 1.82) is 0 Å². The number of nitrogens with one attached hydrogen (secondary N) is 1. The van der Waals surface area contributed by atoms with E-state index in [1.807, 2.05) is 42.5 Å². The number of nitrogens with zero attached hydrogens (tertiary/aromatic N) is 3. The normalized spacial score (nSPS) is 10.6. The zero-order valence-corrected chi connectivity index (χ0v) is 17.0. The quantitative estimate of drug-likeness (QED) is 0.595. The van der Waals surface area contributed by atoms with Gasteiger partial charge in [0, 0.05) is 24.3 Å². The molecule has 3 N–H and O–H groups in total. The summed E-state index contributed by atoms with van der Waals surface area (Å²) in [5, 5.41) is 6.74. The van der Waals surface area contributed by atoms with Crippen molar-refractivity contribution < 1.29 is 9.59 Å². The molecule has 0 atom stereocenters. The van der Waals surface area contributed by atoms with Crippen LogP contribution in [-0.2, 0) is 6.54 Å². The lowest BCUT2D eigenvalue weighted by Gasteiger charge is -2.23. The van der Waals surface area contributed by atoms with Crippen LogP contribution in [0.15, 0.2) is 54.6 Å². The Morgan fingerprint density at radius 1 is 1.14 bits per heavy atom. The molecule has 7 nitrogen and oxygen atoms in total. The molecule has 0 bridgehead atoms. The molecule has 0 radical (unpaired) electrons. The van der Waals surface area contributed by atoms with Crippen molar-refractivity contribution in [2.24, 2.45) is 5.73 Å². The van der Waals surface area contributed by atoms with Gasteiger partial charge >= 0.3 is 0 Å². The summed E-state index contributed by atoms with van der Waals surface area (Å²) in [5.74, 6) is -0.283. The van der Waals surface area contributed by atoms with E-state index in [4.69, 9.17) is 5.73 Å². The number of anilines is 1. The van der Waals surface area contributed by atoms with Crippen molar-refractivity contribution >= 4 is 29.0 Å². The summed E-state index contributed by atoms with van der Waals surface area (Å²) in [6, 6.07) is 16.7. The zero-order chi connectivity index (χ0) is 20.6. The Hall–Kier alpha value is -3.10. The highest BCUT2D eigenvalue weighted by Gasteiger charge is 2.17. The van der Waals surface area contributed by atoms with Gasteiger partial charge < -0.3 is 16.0 Å².